The first-order valence-electron chi connectivity index (χ1n) is 14.9. The molecule has 0 radical (unpaired) electrons. The van der Waals surface area contributed by atoms with E-state index in [0.29, 0.717) is 0 Å². The summed E-state index contributed by atoms with van der Waals surface area (Å²) in [6.45, 7) is 8.84. The summed E-state index contributed by atoms with van der Waals surface area (Å²) in [4.78, 5) is 30.0. The highest BCUT2D eigenvalue weighted by atomic mass is 35.5. The zero-order valence-corrected chi connectivity index (χ0v) is 29.0. The minimum absolute atomic E-state index is 0.0100. The molecule has 0 aliphatic heterocycles. The number of amides is 2. The Morgan fingerprint density at radius 1 is 0.804 bits per heavy atom. The summed E-state index contributed by atoms with van der Waals surface area (Å²) < 4.78 is 29.4. The Morgan fingerprint density at radius 3 is 2.07 bits per heavy atom. The van der Waals surface area contributed by atoms with Crippen molar-refractivity contribution in [2.75, 3.05) is 10.8 Å². The van der Waals surface area contributed by atoms with Crippen LogP contribution in [0.15, 0.2) is 102 Å². The normalized spacial score (nSPS) is 12.3. The number of halogens is 2. The van der Waals surface area contributed by atoms with Gasteiger partial charge in [0.25, 0.3) is 10.0 Å². The first-order chi connectivity index (χ1) is 21.7. The van der Waals surface area contributed by atoms with Gasteiger partial charge in [0.2, 0.25) is 11.8 Å². The van der Waals surface area contributed by atoms with Crippen molar-refractivity contribution in [2.24, 2.45) is 0 Å². The van der Waals surface area contributed by atoms with Crippen molar-refractivity contribution >= 4 is 50.7 Å². The molecule has 1 N–H and O–H groups in total. The topological polar surface area (TPSA) is 86.8 Å². The third-order valence-corrected chi connectivity index (χ3v) is 9.88. The van der Waals surface area contributed by atoms with Gasteiger partial charge in [0, 0.05) is 18.5 Å². The van der Waals surface area contributed by atoms with E-state index in [1.807, 2.05) is 89.2 Å². The summed E-state index contributed by atoms with van der Waals surface area (Å²) in [5.74, 6) is -0.940. The van der Waals surface area contributed by atoms with Crippen molar-refractivity contribution in [3.63, 3.8) is 0 Å². The number of aryl methyl sites for hydroxylation is 2. The highest BCUT2D eigenvalue weighted by molar-refractivity contribution is 7.92. The third-order valence-electron chi connectivity index (χ3n) is 7.29. The Hall–Kier alpha value is -3.85. The molecular weight excluding hydrogens is 641 g/mol. The van der Waals surface area contributed by atoms with Gasteiger partial charge in [-0.25, -0.2) is 8.42 Å². The van der Waals surface area contributed by atoms with E-state index in [0.717, 1.165) is 26.6 Å². The summed E-state index contributed by atoms with van der Waals surface area (Å²) >= 11 is 12.9. The van der Waals surface area contributed by atoms with Crippen molar-refractivity contribution in [3.05, 3.63) is 129 Å². The van der Waals surface area contributed by atoms with Crippen LogP contribution in [-0.2, 0) is 32.6 Å². The maximum absolute atomic E-state index is 14.6. The maximum atomic E-state index is 14.6. The lowest BCUT2D eigenvalue weighted by atomic mass is 10.0. The van der Waals surface area contributed by atoms with Crippen LogP contribution >= 0.6 is 23.2 Å². The molecule has 4 aromatic rings. The highest BCUT2D eigenvalue weighted by Gasteiger charge is 2.36. The number of hydrogen-bond acceptors (Lipinski definition) is 4. The number of rotatable bonds is 11. The van der Waals surface area contributed by atoms with Crippen LogP contribution in [0.2, 0.25) is 10.0 Å². The van der Waals surface area contributed by atoms with Crippen LogP contribution in [-0.4, -0.2) is 43.3 Å². The molecule has 0 spiro atoms. The molecule has 0 fully saturated rings. The Morgan fingerprint density at radius 2 is 1.43 bits per heavy atom. The van der Waals surface area contributed by atoms with Gasteiger partial charge in [-0.3, -0.25) is 13.9 Å². The van der Waals surface area contributed by atoms with Gasteiger partial charge < -0.3 is 10.2 Å². The molecule has 0 aliphatic carbocycles. The number of sulfonamides is 1. The first kappa shape index (κ1) is 35.0. The summed E-state index contributed by atoms with van der Waals surface area (Å²) in [7, 11) is -4.31. The number of benzene rings is 4. The molecule has 46 heavy (non-hydrogen) atoms. The van der Waals surface area contributed by atoms with Crippen LogP contribution in [0.3, 0.4) is 0 Å². The lowest BCUT2D eigenvalue weighted by molar-refractivity contribution is -0.140. The molecule has 0 bridgehead atoms. The average Bonchev–Trinajstić information content (AvgIpc) is 2.99. The minimum atomic E-state index is -4.31. The van der Waals surface area contributed by atoms with Crippen LogP contribution in [0.4, 0.5) is 5.69 Å². The molecule has 4 rings (SSSR count). The SMILES string of the molecule is Cc1ccc(S(=O)(=O)N(CC(=O)N(Cc2cccc(C)c2)[C@H](Cc2ccccc2)C(=O)NC(C)(C)C)c2cccc(Cl)c2Cl)cc1. The molecule has 0 saturated carbocycles. The quantitative estimate of drug-likeness (QED) is 0.179. The molecule has 10 heteroatoms. The fraction of sp³-hybridized carbons (Fsp3) is 0.278. The lowest BCUT2D eigenvalue weighted by Gasteiger charge is -2.35. The maximum Gasteiger partial charge on any atom is 0.264 e. The van der Waals surface area contributed by atoms with E-state index < -0.39 is 34.1 Å². The fourth-order valence-corrected chi connectivity index (χ4v) is 6.92. The summed E-state index contributed by atoms with van der Waals surface area (Å²) in [6, 6.07) is 27.1. The van der Waals surface area contributed by atoms with E-state index in [4.69, 9.17) is 23.2 Å². The predicted molar refractivity (Wildman–Crippen MR) is 186 cm³/mol. The monoisotopic (exact) mass is 679 g/mol. The predicted octanol–water partition coefficient (Wildman–Crippen LogP) is 7.36. The molecule has 1 atom stereocenters. The van der Waals surface area contributed by atoms with Crippen molar-refractivity contribution in [3.8, 4) is 0 Å². The van der Waals surface area contributed by atoms with Crippen molar-refractivity contribution < 1.29 is 18.0 Å². The first-order valence-corrected chi connectivity index (χ1v) is 17.1. The second kappa shape index (κ2) is 14.7. The minimum Gasteiger partial charge on any atom is -0.350 e. The van der Waals surface area contributed by atoms with Crippen LogP contribution in [0.5, 0.6) is 0 Å². The van der Waals surface area contributed by atoms with Crippen LogP contribution in [0.1, 0.15) is 43.0 Å². The molecule has 0 unspecified atom stereocenters. The van der Waals surface area contributed by atoms with Gasteiger partial charge in [-0.1, -0.05) is 107 Å². The van der Waals surface area contributed by atoms with E-state index >= 15 is 0 Å². The fourth-order valence-electron chi connectivity index (χ4n) is 5.05. The van der Waals surface area contributed by atoms with Crippen LogP contribution in [0, 0.1) is 13.8 Å². The van der Waals surface area contributed by atoms with Crippen LogP contribution in [0.25, 0.3) is 0 Å². The second-order valence-corrected chi connectivity index (χ2v) is 15.0. The molecule has 0 aliphatic rings. The number of carbonyl (C=O) groups excluding carboxylic acids is 2. The van der Waals surface area contributed by atoms with Gasteiger partial charge >= 0.3 is 0 Å². The Kier molecular flexibility index (Phi) is 11.2. The van der Waals surface area contributed by atoms with Gasteiger partial charge in [0.1, 0.15) is 12.6 Å². The summed E-state index contributed by atoms with van der Waals surface area (Å²) in [5.41, 5.74) is 2.97. The number of anilines is 1. The molecule has 0 heterocycles. The number of carbonyl (C=O) groups is 2. The number of hydrogen-bond donors (Lipinski definition) is 1. The van der Waals surface area contributed by atoms with Crippen LogP contribution < -0.4 is 9.62 Å². The number of nitrogens with zero attached hydrogens (tertiary/aromatic N) is 2. The third kappa shape index (κ3) is 8.90. The second-order valence-electron chi connectivity index (χ2n) is 12.4. The zero-order valence-electron chi connectivity index (χ0n) is 26.6. The van der Waals surface area contributed by atoms with E-state index in [1.54, 1.807) is 24.3 Å². The molecule has 2 amide bonds. The van der Waals surface area contributed by atoms with E-state index in [2.05, 4.69) is 5.32 Å². The summed E-state index contributed by atoms with van der Waals surface area (Å²) in [6.07, 6.45) is 0.211. The van der Waals surface area contributed by atoms with Gasteiger partial charge in [-0.15, -0.1) is 0 Å². The molecule has 0 aromatic heterocycles. The van der Waals surface area contributed by atoms with E-state index in [9.17, 15) is 18.0 Å². The Balaban J connectivity index is 1.85. The van der Waals surface area contributed by atoms with Gasteiger partial charge in [0.05, 0.1) is 20.6 Å². The molecule has 4 aromatic carbocycles. The molecule has 242 valence electrons. The van der Waals surface area contributed by atoms with E-state index in [1.165, 1.54) is 23.1 Å². The highest BCUT2D eigenvalue weighted by Crippen LogP contribution is 2.35. The lowest BCUT2D eigenvalue weighted by Crippen LogP contribution is -2.56. The van der Waals surface area contributed by atoms with Gasteiger partial charge in [0.15, 0.2) is 0 Å². The van der Waals surface area contributed by atoms with Gasteiger partial charge in [-0.2, -0.15) is 0 Å². The Labute approximate surface area is 282 Å². The Bertz CT molecular complexity index is 1790. The molecular formula is C36H39Cl2N3O4S. The average molecular weight is 681 g/mol. The van der Waals surface area contributed by atoms with E-state index in [-0.39, 0.29) is 39.5 Å². The smallest absolute Gasteiger partial charge is 0.264 e. The largest absolute Gasteiger partial charge is 0.350 e. The van der Waals surface area contributed by atoms with Crippen molar-refractivity contribution in [1.29, 1.82) is 0 Å². The number of nitrogens with one attached hydrogen (secondary N) is 1. The summed E-state index contributed by atoms with van der Waals surface area (Å²) in [5, 5.41) is 3.16. The van der Waals surface area contributed by atoms with Gasteiger partial charge in [-0.05, 0) is 70.0 Å². The molecule has 0 saturated heterocycles. The van der Waals surface area contributed by atoms with Crippen molar-refractivity contribution in [2.45, 2.75) is 64.1 Å². The standard InChI is InChI=1S/C36H39Cl2N3O4S/c1-25-17-19-29(20-18-25)46(44,45)41(31-16-10-15-30(37)34(31)38)24-33(42)40(23-28-14-9-11-26(2)21-28)32(35(43)39-36(3,4)5)22-27-12-7-6-8-13-27/h6-21,32H,22-24H2,1-5H3,(H,39,43)/t32-/m1/s1. The zero-order chi connectivity index (χ0) is 33.6. The molecule has 7 nitrogen and oxygen atoms in total. The van der Waals surface area contributed by atoms with Crippen molar-refractivity contribution in [1.82, 2.24) is 10.2 Å².